The summed E-state index contributed by atoms with van der Waals surface area (Å²) < 4.78 is 0. The number of aryl methyl sites for hydroxylation is 1. The fraction of sp³-hybridized carbons (Fsp3) is 0.636. The van der Waals surface area contributed by atoms with Crippen molar-refractivity contribution >= 4 is 5.95 Å². The quantitative estimate of drug-likeness (QED) is 0.796. The van der Waals surface area contributed by atoms with Gasteiger partial charge in [0.2, 0.25) is 5.95 Å². The Morgan fingerprint density at radius 2 is 2.13 bits per heavy atom. The molecule has 0 fully saturated rings. The van der Waals surface area contributed by atoms with E-state index in [1.54, 1.807) is 0 Å². The highest BCUT2D eigenvalue weighted by atomic mass is 15.2. The number of aromatic nitrogens is 2. The van der Waals surface area contributed by atoms with Crippen molar-refractivity contribution < 1.29 is 0 Å². The van der Waals surface area contributed by atoms with Crippen LogP contribution in [0.2, 0.25) is 0 Å². The fourth-order valence-electron chi connectivity index (χ4n) is 1.39. The standard InChI is InChI=1S/C11H20N4/c1-4-5-6-15(3)11-13-9(2)7-10(8-12)14-11/h7H,4-6,8,12H2,1-3H3. The van der Waals surface area contributed by atoms with Crippen LogP contribution < -0.4 is 10.6 Å². The lowest BCUT2D eigenvalue weighted by Gasteiger charge is -2.17. The van der Waals surface area contributed by atoms with Crippen LogP contribution in [0.25, 0.3) is 0 Å². The third kappa shape index (κ3) is 3.47. The minimum atomic E-state index is 0.470. The Bertz CT molecular complexity index is 311. The van der Waals surface area contributed by atoms with Gasteiger partial charge in [0, 0.05) is 25.8 Å². The molecule has 0 unspecified atom stereocenters. The van der Waals surface area contributed by atoms with E-state index in [-0.39, 0.29) is 0 Å². The zero-order chi connectivity index (χ0) is 11.3. The Hall–Kier alpha value is -1.16. The van der Waals surface area contributed by atoms with Gasteiger partial charge >= 0.3 is 0 Å². The van der Waals surface area contributed by atoms with Crippen LogP contribution >= 0.6 is 0 Å². The summed E-state index contributed by atoms with van der Waals surface area (Å²) in [4.78, 5) is 10.9. The van der Waals surface area contributed by atoms with Gasteiger partial charge in [-0.15, -0.1) is 0 Å². The third-order valence-corrected chi connectivity index (χ3v) is 2.29. The van der Waals surface area contributed by atoms with Crippen LogP contribution in [-0.4, -0.2) is 23.6 Å². The first-order valence-corrected chi connectivity index (χ1v) is 5.43. The van der Waals surface area contributed by atoms with E-state index in [2.05, 4.69) is 21.8 Å². The van der Waals surface area contributed by atoms with Crippen LogP contribution in [0.1, 0.15) is 31.2 Å². The summed E-state index contributed by atoms with van der Waals surface area (Å²) in [6.45, 7) is 5.61. The highest BCUT2D eigenvalue weighted by Crippen LogP contribution is 2.09. The van der Waals surface area contributed by atoms with E-state index in [1.165, 1.54) is 6.42 Å². The lowest BCUT2D eigenvalue weighted by molar-refractivity contribution is 0.744. The smallest absolute Gasteiger partial charge is 0.225 e. The molecule has 0 bridgehead atoms. The second-order valence-corrected chi connectivity index (χ2v) is 3.78. The summed E-state index contributed by atoms with van der Waals surface area (Å²) in [5.74, 6) is 0.781. The number of nitrogens with two attached hydrogens (primary N) is 1. The number of anilines is 1. The van der Waals surface area contributed by atoms with Crippen LogP contribution in [-0.2, 0) is 6.54 Å². The molecule has 0 aliphatic carbocycles. The monoisotopic (exact) mass is 208 g/mol. The van der Waals surface area contributed by atoms with Crippen LogP contribution in [0.15, 0.2) is 6.07 Å². The van der Waals surface area contributed by atoms with Gasteiger partial charge < -0.3 is 10.6 Å². The van der Waals surface area contributed by atoms with Crippen molar-refractivity contribution in [1.29, 1.82) is 0 Å². The number of unbranched alkanes of at least 4 members (excludes halogenated alkanes) is 1. The summed E-state index contributed by atoms with van der Waals surface area (Å²) in [6, 6.07) is 1.93. The van der Waals surface area contributed by atoms with Gasteiger partial charge in [-0.25, -0.2) is 9.97 Å². The molecule has 1 aromatic heterocycles. The van der Waals surface area contributed by atoms with Crippen LogP contribution in [0, 0.1) is 6.92 Å². The molecule has 0 aromatic carbocycles. The lowest BCUT2D eigenvalue weighted by atomic mass is 10.3. The van der Waals surface area contributed by atoms with Gasteiger partial charge in [-0.2, -0.15) is 0 Å². The molecular weight excluding hydrogens is 188 g/mol. The second kappa shape index (κ2) is 5.66. The predicted molar refractivity (Wildman–Crippen MR) is 62.8 cm³/mol. The molecule has 0 amide bonds. The summed E-state index contributed by atoms with van der Waals surface area (Å²) in [7, 11) is 2.02. The first-order valence-electron chi connectivity index (χ1n) is 5.43. The van der Waals surface area contributed by atoms with Crippen molar-refractivity contribution in [1.82, 2.24) is 9.97 Å². The molecule has 4 nitrogen and oxygen atoms in total. The predicted octanol–water partition coefficient (Wildman–Crippen LogP) is 1.48. The van der Waals surface area contributed by atoms with Crippen molar-refractivity contribution in [3.63, 3.8) is 0 Å². The Morgan fingerprint density at radius 1 is 1.40 bits per heavy atom. The van der Waals surface area contributed by atoms with Crippen LogP contribution in [0.5, 0.6) is 0 Å². The highest BCUT2D eigenvalue weighted by Gasteiger charge is 2.05. The molecule has 2 N–H and O–H groups in total. The Kier molecular flexibility index (Phi) is 4.49. The maximum Gasteiger partial charge on any atom is 0.225 e. The molecule has 15 heavy (non-hydrogen) atoms. The number of hydrogen-bond acceptors (Lipinski definition) is 4. The normalized spacial score (nSPS) is 10.4. The van der Waals surface area contributed by atoms with E-state index >= 15 is 0 Å². The first-order chi connectivity index (χ1) is 7.17. The SMILES string of the molecule is CCCCN(C)c1nc(C)cc(CN)n1. The van der Waals surface area contributed by atoms with E-state index in [9.17, 15) is 0 Å². The molecule has 1 rings (SSSR count). The summed E-state index contributed by atoms with van der Waals surface area (Å²) in [6.07, 6.45) is 2.34. The van der Waals surface area contributed by atoms with Gasteiger partial charge in [0.05, 0.1) is 5.69 Å². The average molecular weight is 208 g/mol. The topological polar surface area (TPSA) is 55.0 Å². The van der Waals surface area contributed by atoms with Gasteiger partial charge in [-0.1, -0.05) is 13.3 Å². The molecule has 0 spiro atoms. The van der Waals surface area contributed by atoms with E-state index in [4.69, 9.17) is 5.73 Å². The highest BCUT2D eigenvalue weighted by molar-refractivity contribution is 5.30. The average Bonchev–Trinajstić information content (AvgIpc) is 2.24. The largest absolute Gasteiger partial charge is 0.344 e. The zero-order valence-corrected chi connectivity index (χ0v) is 9.82. The zero-order valence-electron chi connectivity index (χ0n) is 9.82. The van der Waals surface area contributed by atoms with Gasteiger partial charge in [0.15, 0.2) is 0 Å². The van der Waals surface area contributed by atoms with E-state index < -0.39 is 0 Å². The second-order valence-electron chi connectivity index (χ2n) is 3.78. The van der Waals surface area contributed by atoms with Crippen LogP contribution in [0.4, 0.5) is 5.95 Å². The third-order valence-electron chi connectivity index (χ3n) is 2.29. The van der Waals surface area contributed by atoms with E-state index in [0.29, 0.717) is 6.54 Å². The van der Waals surface area contributed by atoms with Gasteiger partial charge in [-0.05, 0) is 19.4 Å². The van der Waals surface area contributed by atoms with Crippen molar-refractivity contribution in [3.05, 3.63) is 17.5 Å². The molecule has 0 aliphatic rings. The van der Waals surface area contributed by atoms with Crippen molar-refractivity contribution in [3.8, 4) is 0 Å². The molecule has 84 valence electrons. The van der Waals surface area contributed by atoms with Gasteiger partial charge in [0.25, 0.3) is 0 Å². The lowest BCUT2D eigenvalue weighted by Crippen LogP contribution is -2.22. The Morgan fingerprint density at radius 3 is 2.73 bits per heavy atom. The molecule has 0 saturated carbocycles. The maximum absolute atomic E-state index is 5.58. The molecule has 0 radical (unpaired) electrons. The molecule has 4 heteroatoms. The fourth-order valence-corrected chi connectivity index (χ4v) is 1.39. The number of rotatable bonds is 5. The minimum Gasteiger partial charge on any atom is -0.344 e. The summed E-state index contributed by atoms with van der Waals surface area (Å²) >= 11 is 0. The minimum absolute atomic E-state index is 0.470. The Balaban J connectivity index is 2.78. The van der Waals surface area contributed by atoms with Crippen molar-refractivity contribution in [2.45, 2.75) is 33.2 Å². The summed E-state index contributed by atoms with van der Waals surface area (Å²) in [5, 5.41) is 0. The molecule has 1 heterocycles. The van der Waals surface area contributed by atoms with Crippen LogP contribution in [0.3, 0.4) is 0 Å². The summed E-state index contributed by atoms with van der Waals surface area (Å²) in [5.41, 5.74) is 7.46. The molecule has 0 saturated heterocycles. The molecule has 0 aliphatic heterocycles. The molecular formula is C11H20N4. The Labute approximate surface area is 91.5 Å². The van der Waals surface area contributed by atoms with Gasteiger partial charge in [-0.3, -0.25) is 0 Å². The number of hydrogen-bond donors (Lipinski definition) is 1. The first kappa shape index (κ1) is 11.9. The van der Waals surface area contributed by atoms with E-state index in [0.717, 1.165) is 30.3 Å². The number of nitrogens with zero attached hydrogens (tertiary/aromatic N) is 3. The van der Waals surface area contributed by atoms with Crippen molar-refractivity contribution in [2.75, 3.05) is 18.5 Å². The van der Waals surface area contributed by atoms with E-state index in [1.807, 2.05) is 20.0 Å². The molecule has 1 aromatic rings. The van der Waals surface area contributed by atoms with Gasteiger partial charge in [0.1, 0.15) is 0 Å². The van der Waals surface area contributed by atoms with Crippen molar-refractivity contribution in [2.24, 2.45) is 5.73 Å². The maximum atomic E-state index is 5.58. The molecule has 0 atom stereocenters.